The number of para-hydroxylation sites is 1. The Kier molecular flexibility index (Phi) is 1.67. The summed E-state index contributed by atoms with van der Waals surface area (Å²) in [6.45, 7) is 0. The van der Waals surface area contributed by atoms with Crippen LogP contribution >= 0.6 is 0 Å². The quantitative estimate of drug-likeness (QED) is 0.653. The Labute approximate surface area is 90.5 Å². The highest BCUT2D eigenvalue weighted by Crippen LogP contribution is 2.17. The van der Waals surface area contributed by atoms with Gasteiger partial charge in [0.1, 0.15) is 6.33 Å². The molecule has 5 heteroatoms. The number of nitrogens with zero attached hydrogens (tertiary/aromatic N) is 3. The maximum atomic E-state index is 11.0. The molecule has 0 spiro atoms. The molecule has 2 heterocycles. The van der Waals surface area contributed by atoms with E-state index in [1.807, 2.05) is 24.3 Å². The Morgan fingerprint density at radius 3 is 2.94 bits per heavy atom. The molecule has 16 heavy (non-hydrogen) atoms. The minimum absolute atomic E-state index is 0.248. The zero-order valence-electron chi connectivity index (χ0n) is 8.29. The number of hydrogen-bond donors (Lipinski definition) is 1. The lowest BCUT2D eigenvalue weighted by Crippen LogP contribution is -2.11. The summed E-state index contributed by atoms with van der Waals surface area (Å²) in [5.41, 5.74) is 7.13. The van der Waals surface area contributed by atoms with Crippen molar-refractivity contribution in [2.75, 3.05) is 0 Å². The number of aromatic nitrogens is 3. The van der Waals surface area contributed by atoms with Crippen molar-refractivity contribution in [2.45, 2.75) is 0 Å². The van der Waals surface area contributed by atoms with E-state index in [1.165, 1.54) is 0 Å². The first kappa shape index (κ1) is 8.84. The van der Waals surface area contributed by atoms with Crippen molar-refractivity contribution in [3.05, 3.63) is 42.4 Å². The molecule has 0 atom stereocenters. The van der Waals surface area contributed by atoms with Gasteiger partial charge in [-0.15, -0.1) is 0 Å². The van der Waals surface area contributed by atoms with Gasteiger partial charge in [0.25, 0.3) is 5.91 Å². The molecular weight excluding hydrogens is 204 g/mol. The van der Waals surface area contributed by atoms with Crippen molar-refractivity contribution in [1.29, 1.82) is 0 Å². The molecule has 2 aromatic heterocycles. The summed E-state index contributed by atoms with van der Waals surface area (Å²) < 4.78 is 1.56. The Hall–Kier alpha value is -2.43. The summed E-state index contributed by atoms with van der Waals surface area (Å²) in [5, 5.41) is 4.99. The number of hydrogen-bond acceptors (Lipinski definition) is 3. The van der Waals surface area contributed by atoms with E-state index in [9.17, 15) is 4.79 Å². The molecule has 0 saturated heterocycles. The van der Waals surface area contributed by atoms with Crippen molar-refractivity contribution in [2.24, 2.45) is 5.73 Å². The van der Waals surface area contributed by atoms with E-state index in [1.54, 1.807) is 16.9 Å². The van der Waals surface area contributed by atoms with E-state index in [2.05, 4.69) is 10.1 Å². The van der Waals surface area contributed by atoms with Gasteiger partial charge in [-0.1, -0.05) is 18.2 Å². The molecule has 1 amide bonds. The van der Waals surface area contributed by atoms with Crippen molar-refractivity contribution in [3.8, 4) is 0 Å². The fourth-order valence-corrected chi connectivity index (χ4v) is 1.72. The molecule has 0 aliphatic carbocycles. The van der Waals surface area contributed by atoms with E-state index in [0.29, 0.717) is 0 Å². The summed E-state index contributed by atoms with van der Waals surface area (Å²) >= 11 is 0. The summed E-state index contributed by atoms with van der Waals surface area (Å²) in [6.07, 6.45) is 1.57. The number of nitrogens with two attached hydrogens (primary N) is 1. The molecule has 3 aromatic rings. The normalized spacial score (nSPS) is 11.0. The number of benzene rings is 1. The third kappa shape index (κ3) is 1.15. The Morgan fingerprint density at radius 1 is 1.31 bits per heavy atom. The van der Waals surface area contributed by atoms with Crippen LogP contribution in [-0.2, 0) is 0 Å². The smallest absolute Gasteiger partial charge is 0.269 e. The second-order valence-electron chi connectivity index (χ2n) is 3.49. The maximum absolute atomic E-state index is 11.0. The van der Waals surface area contributed by atoms with E-state index < -0.39 is 5.91 Å². The Balaban J connectivity index is 2.46. The minimum Gasteiger partial charge on any atom is -0.364 e. The predicted molar refractivity (Wildman–Crippen MR) is 59.0 cm³/mol. The fourth-order valence-electron chi connectivity index (χ4n) is 1.72. The van der Waals surface area contributed by atoms with Crippen LogP contribution in [0.15, 0.2) is 36.7 Å². The van der Waals surface area contributed by atoms with Gasteiger partial charge in [-0.25, -0.2) is 9.50 Å². The molecule has 0 bridgehead atoms. The third-order valence-corrected chi connectivity index (χ3v) is 2.47. The molecule has 0 saturated carbocycles. The van der Waals surface area contributed by atoms with Crippen molar-refractivity contribution in [1.82, 2.24) is 14.6 Å². The summed E-state index contributed by atoms with van der Waals surface area (Å²) in [7, 11) is 0. The van der Waals surface area contributed by atoms with Crippen LogP contribution in [0.5, 0.6) is 0 Å². The van der Waals surface area contributed by atoms with Gasteiger partial charge in [0.05, 0.1) is 11.0 Å². The summed E-state index contributed by atoms with van der Waals surface area (Å²) in [4.78, 5) is 15.3. The van der Waals surface area contributed by atoms with E-state index in [0.717, 1.165) is 16.4 Å². The lowest BCUT2D eigenvalue weighted by molar-refractivity contribution is 0.0995. The minimum atomic E-state index is -0.534. The van der Waals surface area contributed by atoms with Gasteiger partial charge in [0.2, 0.25) is 0 Å². The Bertz CT molecular complexity index is 701. The first-order valence-corrected chi connectivity index (χ1v) is 4.78. The van der Waals surface area contributed by atoms with Crippen LogP contribution in [0.3, 0.4) is 0 Å². The molecule has 0 radical (unpaired) electrons. The first-order chi connectivity index (χ1) is 7.75. The third-order valence-electron chi connectivity index (χ3n) is 2.47. The van der Waals surface area contributed by atoms with Gasteiger partial charge in [0, 0.05) is 5.39 Å². The van der Waals surface area contributed by atoms with Crippen LogP contribution in [0.4, 0.5) is 0 Å². The Morgan fingerprint density at radius 2 is 2.12 bits per heavy atom. The van der Waals surface area contributed by atoms with Crippen LogP contribution in [0.2, 0.25) is 0 Å². The second-order valence-corrected chi connectivity index (χ2v) is 3.49. The molecule has 2 N–H and O–H groups in total. The number of fused-ring (bicyclic) bond motifs is 3. The van der Waals surface area contributed by atoms with Gasteiger partial charge in [-0.05, 0) is 12.1 Å². The highest BCUT2D eigenvalue weighted by atomic mass is 16.1. The second kappa shape index (κ2) is 3.03. The molecule has 3 rings (SSSR count). The lowest BCUT2D eigenvalue weighted by Gasteiger charge is -1.97. The van der Waals surface area contributed by atoms with Crippen LogP contribution in [0.25, 0.3) is 16.4 Å². The summed E-state index contributed by atoms with van der Waals surface area (Å²) in [5.74, 6) is -0.534. The average Bonchev–Trinajstić information content (AvgIpc) is 2.73. The van der Waals surface area contributed by atoms with Crippen molar-refractivity contribution < 1.29 is 4.79 Å². The highest BCUT2D eigenvalue weighted by Gasteiger charge is 2.09. The van der Waals surface area contributed by atoms with Gasteiger partial charge in [-0.2, -0.15) is 5.10 Å². The monoisotopic (exact) mass is 212 g/mol. The molecular formula is C11H8N4O. The van der Waals surface area contributed by atoms with Crippen molar-refractivity contribution >= 4 is 22.3 Å². The maximum Gasteiger partial charge on any atom is 0.269 e. The molecule has 1 aromatic carbocycles. The molecule has 0 unspecified atom stereocenters. The predicted octanol–water partition coefficient (Wildman–Crippen LogP) is 0.981. The van der Waals surface area contributed by atoms with Gasteiger partial charge >= 0.3 is 0 Å². The molecule has 0 fully saturated rings. The lowest BCUT2D eigenvalue weighted by atomic mass is 10.2. The first-order valence-electron chi connectivity index (χ1n) is 4.78. The van der Waals surface area contributed by atoms with E-state index in [4.69, 9.17) is 5.73 Å². The largest absolute Gasteiger partial charge is 0.364 e. The topological polar surface area (TPSA) is 73.3 Å². The SMILES string of the molecule is NC(=O)c1cc2c3ccccc3ncn2n1. The zero-order valence-corrected chi connectivity index (χ0v) is 8.29. The summed E-state index contributed by atoms with van der Waals surface area (Å²) in [6, 6.07) is 9.35. The number of carbonyl (C=O) groups is 1. The van der Waals surface area contributed by atoms with E-state index in [-0.39, 0.29) is 5.69 Å². The van der Waals surface area contributed by atoms with Crippen LogP contribution in [-0.4, -0.2) is 20.5 Å². The van der Waals surface area contributed by atoms with Crippen molar-refractivity contribution in [3.63, 3.8) is 0 Å². The highest BCUT2D eigenvalue weighted by molar-refractivity contribution is 5.98. The van der Waals surface area contributed by atoms with Crippen LogP contribution in [0, 0.1) is 0 Å². The number of carbonyl (C=O) groups excluding carboxylic acids is 1. The van der Waals surface area contributed by atoms with Gasteiger partial charge in [-0.3, -0.25) is 4.79 Å². The zero-order chi connectivity index (χ0) is 11.1. The standard InChI is InChI=1S/C11H8N4O/c12-11(16)9-5-10-7-3-1-2-4-8(7)13-6-15(10)14-9/h1-6H,(H2,12,16). The number of primary amides is 1. The molecule has 5 nitrogen and oxygen atoms in total. The molecule has 0 aliphatic heterocycles. The van der Waals surface area contributed by atoms with Crippen LogP contribution < -0.4 is 5.73 Å². The molecule has 78 valence electrons. The fraction of sp³-hybridized carbons (Fsp3) is 0. The number of rotatable bonds is 1. The molecule has 0 aliphatic rings. The van der Waals surface area contributed by atoms with Gasteiger partial charge < -0.3 is 5.73 Å². The van der Waals surface area contributed by atoms with Gasteiger partial charge in [0.15, 0.2) is 5.69 Å². The van der Waals surface area contributed by atoms with E-state index >= 15 is 0 Å². The van der Waals surface area contributed by atoms with Crippen LogP contribution in [0.1, 0.15) is 10.5 Å². The average molecular weight is 212 g/mol. The number of amides is 1.